The van der Waals surface area contributed by atoms with E-state index in [2.05, 4.69) is 5.10 Å². The molecule has 0 saturated carbocycles. The van der Waals surface area contributed by atoms with Gasteiger partial charge in [-0.15, -0.1) is 0 Å². The lowest BCUT2D eigenvalue weighted by Crippen LogP contribution is -2.22. The predicted molar refractivity (Wildman–Crippen MR) is 97.8 cm³/mol. The lowest BCUT2D eigenvalue weighted by Gasteiger charge is -2.15. The quantitative estimate of drug-likeness (QED) is 0.774. The molecule has 1 amide bonds. The first-order valence-electron chi connectivity index (χ1n) is 7.52. The van der Waals surface area contributed by atoms with Crippen LogP contribution in [0.2, 0.25) is 5.02 Å². The third kappa shape index (κ3) is 2.93. The summed E-state index contributed by atoms with van der Waals surface area (Å²) < 4.78 is 5.22. The molecule has 0 bridgehead atoms. The van der Waals surface area contributed by atoms with Gasteiger partial charge in [-0.1, -0.05) is 29.8 Å². The molecule has 0 atom stereocenters. The number of methoxy groups -OCH3 is 1. The minimum atomic E-state index is -0.166. The van der Waals surface area contributed by atoms with E-state index in [0.717, 1.165) is 16.9 Å². The highest BCUT2D eigenvalue weighted by Crippen LogP contribution is 2.31. The summed E-state index contributed by atoms with van der Waals surface area (Å²) >= 11 is 6.16. The van der Waals surface area contributed by atoms with Gasteiger partial charge in [0.25, 0.3) is 5.91 Å². The number of nitrogens with zero attached hydrogens (tertiary/aromatic N) is 2. The van der Waals surface area contributed by atoms with E-state index in [9.17, 15) is 4.79 Å². The molecular weight excluding hydrogens is 324 g/mol. The van der Waals surface area contributed by atoms with Crippen LogP contribution in [0, 0.1) is 6.92 Å². The summed E-state index contributed by atoms with van der Waals surface area (Å²) in [5.41, 5.74) is 3.63. The largest absolute Gasteiger partial charge is 0.497 e. The summed E-state index contributed by atoms with van der Waals surface area (Å²) in [6.45, 7) is 3.70. The van der Waals surface area contributed by atoms with Gasteiger partial charge >= 0.3 is 0 Å². The van der Waals surface area contributed by atoms with Crippen LogP contribution >= 0.6 is 11.6 Å². The Bertz CT molecular complexity index is 871. The second-order valence-corrected chi connectivity index (χ2v) is 5.93. The summed E-state index contributed by atoms with van der Waals surface area (Å²) in [6, 6.07) is 13.0. The van der Waals surface area contributed by atoms with Gasteiger partial charge in [0.15, 0.2) is 0 Å². The van der Waals surface area contributed by atoms with E-state index in [1.54, 1.807) is 13.2 Å². The van der Waals surface area contributed by atoms with Crippen LogP contribution in [-0.2, 0) is 4.79 Å². The fourth-order valence-electron chi connectivity index (χ4n) is 2.57. The molecule has 5 heteroatoms. The number of rotatable bonds is 3. The molecule has 0 unspecified atom stereocenters. The Balaban J connectivity index is 1.98. The normalized spacial score (nSPS) is 15.8. The van der Waals surface area contributed by atoms with Crippen molar-refractivity contribution >= 4 is 35.0 Å². The molecule has 24 heavy (non-hydrogen) atoms. The van der Waals surface area contributed by atoms with Crippen LogP contribution in [0.3, 0.4) is 0 Å². The number of hydrogen-bond acceptors (Lipinski definition) is 3. The first-order valence-corrected chi connectivity index (χ1v) is 7.90. The first-order chi connectivity index (χ1) is 11.5. The topological polar surface area (TPSA) is 41.9 Å². The number of carbonyl (C=O) groups excluding carboxylic acids is 1. The Kier molecular flexibility index (Phi) is 4.40. The zero-order valence-corrected chi connectivity index (χ0v) is 14.5. The monoisotopic (exact) mass is 340 g/mol. The van der Waals surface area contributed by atoms with Crippen molar-refractivity contribution in [1.82, 2.24) is 0 Å². The number of ether oxygens (including phenoxy) is 1. The number of amides is 1. The van der Waals surface area contributed by atoms with Crippen LogP contribution in [-0.4, -0.2) is 18.7 Å². The molecular formula is C19H17ClN2O2. The average Bonchev–Trinajstić information content (AvgIpc) is 2.85. The standard InChI is InChI=1S/C19H17ClN2O2/c1-12-17(20)8-5-9-18(12)22-19(23)16(13(2)21-22)11-14-6-4-7-15(10-14)24-3/h4-11H,1-3H3. The second kappa shape index (κ2) is 6.49. The summed E-state index contributed by atoms with van der Waals surface area (Å²) in [5, 5.41) is 6.42. The van der Waals surface area contributed by atoms with Gasteiger partial charge < -0.3 is 4.74 Å². The third-order valence-corrected chi connectivity index (χ3v) is 4.34. The lowest BCUT2D eigenvalue weighted by atomic mass is 10.1. The molecule has 3 rings (SSSR count). The Labute approximate surface area is 146 Å². The van der Waals surface area contributed by atoms with Crippen LogP contribution < -0.4 is 9.75 Å². The van der Waals surface area contributed by atoms with Crippen molar-refractivity contribution in [3.63, 3.8) is 0 Å². The number of carbonyl (C=O) groups is 1. The predicted octanol–water partition coefficient (Wildman–Crippen LogP) is 4.46. The van der Waals surface area contributed by atoms with Gasteiger partial charge in [-0.25, -0.2) is 0 Å². The van der Waals surface area contributed by atoms with E-state index in [1.807, 2.05) is 56.3 Å². The number of anilines is 1. The number of halogens is 1. The molecule has 1 aliphatic rings. The van der Waals surface area contributed by atoms with Gasteiger partial charge in [0.2, 0.25) is 0 Å². The van der Waals surface area contributed by atoms with Crippen LogP contribution in [0.4, 0.5) is 5.69 Å². The summed E-state index contributed by atoms with van der Waals surface area (Å²) in [4.78, 5) is 12.8. The van der Waals surface area contributed by atoms with Crippen molar-refractivity contribution in [1.29, 1.82) is 0 Å². The van der Waals surface area contributed by atoms with Gasteiger partial charge in [-0.05, 0) is 55.3 Å². The van der Waals surface area contributed by atoms with Crippen LogP contribution in [0.1, 0.15) is 18.1 Å². The Morgan fingerprint density at radius 3 is 2.67 bits per heavy atom. The maximum absolute atomic E-state index is 12.8. The van der Waals surface area contributed by atoms with Crippen molar-refractivity contribution in [2.45, 2.75) is 13.8 Å². The maximum Gasteiger partial charge on any atom is 0.280 e. The molecule has 2 aromatic carbocycles. The van der Waals surface area contributed by atoms with E-state index in [1.165, 1.54) is 5.01 Å². The molecule has 0 N–H and O–H groups in total. The Morgan fingerprint density at radius 2 is 1.92 bits per heavy atom. The second-order valence-electron chi connectivity index (χ2n) is 5.52. The van der Waals surface area contributed by atoms with Gasteiger partial charge in [-0.3, -0.25) is 4.79 Å². The molecule has 0 aromatic heterocycles. The molecule has 4 nitrogen and oxygen atoms in total. The fourth-order valence-corrected chi connectivity index (χ4v) is 2.74. The fraction of sp³-hybridized carbons (Fsp3) is 0.158. The molecule has 0 aliphatic carbocycles. The molecule has 0 saturated heterocycles. The number of hydrogen-bond donors (Lipinski definition) is 0. The summed E-state index contributed by atoms with van der Waals surface area (Å²) in [7, 11) is 1.61. The molecule has 0 spiro atoms. The average molecular weight is 341 g/mol. The van der Waals surface area contributed by atoms with Gasteiger partial charge in [0.1, 0.15) is 5.75 Å². The van der Waals surface area contributed by atoms with E-state index < -0.39 is 0 Å². The number of hydrazone groups is 1. The van der Waals surface area contributed by atoms with Crippen molar-refractivity contribution < 1.29 is 9.53 Å². The highest BCUT2D eigenvalue weighted by molar-refractivity contribution is 6.34. The summed E-state index contributed by atoms with van der Waals surface area (Å²) in [6.07, 6.45) is 1.82. The minimum absolute atomic E-state index is 0.166. The third-order valence-electron chi connectivity index (χ3n) is 3.93. The van der Waals surface area contributed by atoms with Crippen molar-refractivity contribution in [2.75, 3.05) is 12.1 Å². The van der Waals surface area contributed by atoms with Crippen molar-refractivity contribution in [3.05, 3.63) is 64.2 Å². The van der Waals surface area contributed by atoms with Crippen LogP contribution in [0.25, 0.3) is 6.08 Å². The van der Waals surface area contributed by atoms with E-state index in [-0.39, 0.29) is 5.91 Å². The van der Waals surface area contributed by atoms with E-state index in [4.69, 9.17) is 16.3 Å². The Hall–Kier alpha value is -2.59. The molecule has 0 fully saturated rings. The minimum Gasteiger partial charge on any atom is -0.497 e. The van der Waals surface area contributed by atoms with Gasteiger partial charge in [0.05, 0.1) is 24.1 Å². The maximum atomic E-state index is 12.8. The highest BCUT2D eigenvalue weighted by Gasteiger charge is 2.29. The SMILES string of the molecule is COc1cccc(C=C2C(=O)N(c3cccc(Cl)c3C)N=C2C)c1. The highest BCUT2D eigenvalue weighted by atomic mass is 35.5. The van der Waals surface area contributed by atoms with Gasteiger partial charge in [0, 0.05) is 5.02 Å². The van der Waals surface area contributed by atoms with E-state index >= 15 is 0 Å². The number of benzene rings is 2. The van der Waals surface area contributed by atoms with Gasteiger partial charge in [-0.2, -0.15) is 10.1 Å². The first kappa shape index (κ1) is 16.3. The van der Waals surface area contributed by atoms with E-state index in [0.29, 0.717) is 22.0 Å². The Morgan fingerprint density at radius 1 is 1.17 bits per heavy atom. The molecule has 1 heterocycles. The smallest absolute Gasteiger partial charge is 0.280 e. The van der Waals surface area contributed by atoms with Crippen molar-refractivity contribution in [3.8, 4) is 5.75 Å². The zero-order valence-electron chi connectivity index (χ0n) is 13.7. The van der Waals surface area contributed by atoms with Crippen LogP contribution in [0.5, 0.6) is 5.75 Å². The van der Waals surface area contributed by atoms with Crippen molar-refractivity contribution in [2.24, 2.45) is 5.10 Å². The molecule has 122 valence electrons. The zero-order chi connectivity index (χ0) is 17.3. The molecule has 2 aromatic rings. The molecule has 0 radical (unpaired) electrons. The molecule has 1 aliphatic heterocycles. The summed E-state index contributed by atoms with van der Waals surface area (Å²) in [5.74, 6) is 0.576. The lowest BCUT2D eigenvalue weighted by molar-refractivity contribution is -0.114. The van der Waals surface area contributed by atoms with Crippen LogP contribution in [0.15, 0.2) is 53.1 Å².